The monoisotopic (exact) mass is 321 g/mol. The molecule has 0 heterocycles. The number of rotatable bonds is 4. The molecule has 0 saturated heterocycles. The van der Waals surface area contributed by atoms with E-state index in [1.165, 1.54) is 0 Å². The number of anilines is 1. The lowest BCUT2D eigenvalue weighted by Crippen LogP contribution is -2.01. The summed E-state index contributed by atoms with van der Waals surface area (Å²) in [5, 5.41) is 12.8. The van der Waals surface area contributed by atoms with Crippen molar-refractivity contribution in [1.82, 2.24) is 0 Å². The molecule has 2 N–H and O–H groups in total. The third-order valence-corrected chi connectivity index (χ3v) is 3.71. The summed E-state index contributed by atoms with van der Waals surface area (Å²) in [6, 6.07) is 11.3. The van der Waals surface area contributed by atoms with Crippen molar-refractivity contribution in [2.75, 3.05) is 12.4 Å². The Hall–Kier alpha value is -1.68. The molecule has 4 heteroatoms. The van der Waals surface area contributed by atoms with Crippen molar-refractivity contribution in [3.8, 4) is 11.5 Å². The maximum absolute atomic E-state index is 9.49. The van der Waals surface area contributed by atoms with Crippen LogP contribution in [0.25, 0.3) is 0 Å². The molecule has 2 aromatic rings. The van der Waals surface area contributed by atoms with Gasteiger partial charge in [-0.25, -0.2) is 0 Å². The number of phenols is 1. The lowest BCUT2D eigenvalue weighted by Gasteiger charge is -2.11. The molecule has 0 aliphatic rings. The molecule has 2 aromatic carbocycles. The Morgan fingerprint density at radius 1 is 1.21 bits per heavy atom. The highest BCUT2D eigenvalue weighted by Crippen LogP contribution is 2.25. The number of aryl methyl sites for hydroxylation is 1. The van der Waals surface area contributed by atoms with Gasteiger partial charge in [-0.15, -0.1) is 0 Å². The fourth-order valence-corrected chi connectivity index (χ4v) is 2.16. The molecule has 0 aliphatic carbocycles. The zero-order valence-corrected chi connectivity index (χ0v) is 12.5. The molecule has 2 rings (SSSR count). The van der Waals surface area contributed by atoms with Gasteiger partial charge in [-0.3, -0.25) is 0 Å². The minimum absolute atomic E-state index is 0.313. The molecule has 0 spiro atoms. The number of benzene rings is 2. The SMILES string of the molecule is COc1ccc(Br)c(CNc2ccc(O)c(C)c2)c1. The Kier molecular flexibility index (Phi) is 4.32. The van der Waals surface area contributed by atoms with E-state index >= 15 is 0 Å². The third-order valence-electron chi connectivity index (χ3n) is 2.93. The maximum atomic E-state index is 9.49. The largest absolute Gasteiger partial charge is 0.508 e. The predicted octanol–water partition coefficient (Wildman–Crippen LogP) is 4.08. The summed E-state index contributed by atoms with van der Waals surface area (Å²) in [7, 11) is 1.66. The molecule has 19 heavy (non-hydrogen) atoms. The van der Waals surface area contributed by atoms with Gasteiger partial charge in [0.25, 0.3) is 0 Å². The van der Waals surface area contributed by atoms with Crippen LogP contribution in [-0.4, -0.2) is 12.2 Å². The van der Waals surface area contributed by atoms with Crippen LogP contribution in [0.5, 0.6) is 11.5 Å². The molecule has 0 unspecified atom stereocenters. The molecular formula is C15H16BrNO2. The lowest BCUT2D eigenvalue weighted by molar-refractivity contribution is 0.414. The highest BCUT2D eigenvalue weighted by Gasteiger charge is 2.03. The summed E-state index contributed by atoms with van der Waals surface area (Å²) >= 11 is 3.52. The van der Waals surface area contributed by atoms with E-state index in [0.717, 1.165) is 27.0 Å². The van der Waals surface area contributed by atoms with E-state index in [9.17, 15) is 5.11 Å². The molecule has 0 bridgehead atoms. The van der Waals surface area contributed by atoms with Crippen LogP contribution >= 0.6 is 15.9 Å². The third kappa shape index (κ3) is 3.41. The molecule has 0 amide bonds. The summed E-state index contributed by atoms with van der Waals surface area (Å²) in [4.78, 5) is 0. The summed E-state index contributed by atoms with van der Waals surface area (Å²) in [6.45, 7) is 2.56. The van der Waals surface area contributed by atoms with Crippen LogP contribution in [0.1, 0.15) is 11.1 Å². The zero-order chi connectivity index (χ0) is 13.8. The van der Waals surface area contributed by atoms with E-state index in [4.69, 9.17) is 4.74 Å². The van der Waals surface area contributed by atoms with Gasteiger partial charge in [-0.05, 0) is 54.4 Å². The average molecular weight is 322 g/mol. The number of phenolic OH excluding ortho intramolecular Hbond substituents is 1. The summed E-state index contributed by atoms with van der Waals surface area (Å²) < 4.78 is 6.25. The van der Waals surface area contributed by atoms with E-state index in [-0.39, 0.29) is 0 Å². The highest BCUT2D eigenvalue weighted by atomic mass is 79.9. The van der Waals surface area contributed by atoms with Crippen molar-refractivity contribution in [3.63, 3.8) is 0 Å². The first kappa shape index (κ1) is 13.7. The van der Waals surface area contributed by atoms with E-state index in [1.54, 1.807) is 13.2 Å². The number of halogens is 1. The van der Waals surface area contributed by atoms with E-state index in [1.807, 2.05) is 37.3 Å². The standard InChI is InChI=1S/C15H16BrNO2/c1-10-7-12(3-6-15(10)18)17-9-11-8-13(19-2)4-5-14(11)16/h3-8,17-18H,9H2,1-2H3. The van der Waals surface area contributed by atoms with Crippen LogP contribution in [0.15, 0.2) is 40.9 Å². The van der Waals surface area contributed by atoms with Gasteiger partial charge in [0, 0.05) is 16.7 Å². The molecule has 0 aromatic heterocycles. The molecule has 0 atom stereocenters. The van der Waals surface area contributed by atoms with E-state index in [2.05, 4.69) is 21.2 Å². The minimum Gasteiger partial charge on any atom is -0.508 e. The molecule has 0 radical (unpaired) electrons. The molecular weight excluding hydrogens is 306 g/mol. The second kappa shape index (κ2) is 5.97. The zero-order valence-electron chi connectivity index (χ0n) is 10.9. The number of nitrogens with one attached hydrogen (secondary N) is 1. The van der Waals surface area contributed by atoms with Crippen LogP contribution in [-0.2, 0) is 6.54 Å². The molecule has 0 saturated carbocycles. The number of hydrogen-bond donors (Lipinski definition) is 2. The Morgan fingerprint density at radius 3 is 2.68 bits per heavy atom. The lowest BCUT2D eigenvalue weighted by atomic mass is 10.2. The van der Waals surface area contributed by atoms with Gasteiger partial charge in [0.05, 0.1) is 7.11 Å². The Balaban J connectivity index is 2.11. The molecule has 0 aliphatic heterocycles. The first-order valence-corrected chi connectivity index (χ1v) is 6.75. The van der Waals surface area contributed by atoms with Crippen molar-refractivity contribution in [2.24, 2.45) is 0 Å². The van der Waals surface area contributed by atoms with Gasteiger partial charge in [-0.1, -0.05) is 15.9 Å². The van der Waals surface area contributed by atoms with Gasteiger partial charge < -0.3 is 15.2 Å². The normalized spacial score (nSPS) is 10.3. The van der Waals surface area contributed by atoms with Crippen LogP contribution in [0.2, 0.25) is 0 Å². The number of hydrogen-bond acceptors (Lipinski definition) is 3. The van der Waals surface area contributed by atoms with Crippen LogP contribution < -0.4 is 10.1 Å². The first-order chi connectivity index (χ1) is 9.10. The van der Waals surface area contributed by atoms with Crippen LogP contribution in [0, 0.1) is 6.92 Å². The Labute approximate surface area is 121 Å². The average Bonchev–Trinajstić information content (AvgIpc) is 2.41. The second-order valence-corrected chi connectivity index (χ2v) is 5.17. The number of aromatic hydroxyl groups is 1. The first-order valence-electron chi connectivity index (χ1n) is 5.96. The number of methoxy groups -OCH3 is 1. The summed E-state index contributed by atoms with van der Waals surface area (Å²) in [5.41, 5.74) is 2.95. The van der Waals surface area contributed by atoms with Crippen molar-refractivity contribution in [1.29, 1.82) is 0 Å². The van der Waals surface area contributed by atoms with Crippen molar-refractivity contribution < 1.29 is 9.84 Å². The summed E-state index contributed by atoms with van der Waals surface area (Å²) in [5.74, 6) is 1.15. The smallest absolute Gasteiger partial charge is 0.119 e. The van der Waals surface area contributed by atoms with Crippen LogP contribution in [0.4, 0.5) is 5.69 Å². The summed E-state index contributed by atoms with van der Waals surface area (Å²) in [6.07, 6.45) is 0. The molecule has 100 valence electrons. The van der Waals surface area contributed by atoms with Gasteiger partial charge >= 0.3 is 0 Å². The quantitative estimate of drug-likeness (QED) is 0.833. The van der Waals surface area contributed by atoms with Crippen molar-refractivity contribution in [2.45, 2.75) is 13.5 Å². The van der Waals surface area contributed by atoms with Gasteiger partial charge in [0.2, 0.25) is 0 Å². The highest BCUT2D eigenvalue weighted by molar-refractivity contribution is 9.10. The van der Waals surface area contributed by atoms with Crippen molar-refractivity contribution >= 4 is 21.6 Å². The molecule has 3 nitrogen and oxygen atoms in total. The molecule has 0 fully saturated rings. The van der Waals surface area contributed by atoms with Gasteiger partial charge in [0.1, 0.15) is 11.5 Å². The Morgan fingerprint density at radius 2 is 2.00 bits per heavy atom. The topological polar surface area (TPSA) is 41.5 Å². The van der Waals surface area contributed by atoms with Gasteiger partial charge in [-0.2, -0.15) is 0 Å². The fraction of sp³-hybridized carbons (Fsp3) is 0.200. The van der Waals surface area contributed by atoms with Crippen LogP contribution in [0.3, 0.4) is 0 Å². The van der Waals surface area contributed by atoms with Crippen molar-refractivity contribution in [3.05, 3.63) is 52.0 Å². The van der Waals surface area contributed by atoms with Gasteiger partial charge in [0.15, 0.2) is 0 Å². The second-order valence-electron chi connectivity index (χ2n) is 4.31. The predicted molar refractivity (Wildman–Crippen MR) is 80.9 cm³/mol. The number of ether oxygens (including phenoxy) is 1. The van der Waals surface area contributed by atoms with E-state index < -0.39 is 0 Å². The van der Waals surface area contributed by atoms with E-state index in [0.29, 0.717) is 12.3 Å². The minimum atomic E-state index is 0.313. The fourth-order valence-electron chi connectivity index (χ4n) is 1.78. The maximum Gasteiger partial charge on any atom is 0.119 e. The Bertz CT molecular complexity index is 584.